The van der Waals surface area contributed by atoms with Crippen LogP contribution in [0.1, 0.15) is 30.6 Å². The number of benzene rings is 2. The van der Waals surface area contributed by atoms with Crippen LogP contribution < -0.4 is 15.4 Å². The fraction of sp³-hybridized carbons (Fsp3) is 0.300. The van der Waals surface area contributed by atoms with Gasteiger partial charge in [-0.3, -0.25) is 14.3 Å². The van der Waals surface area contributed by atoms with E-state index in [0.29, 0.717) is 28.4 Å². The van der Waals surface area contributed by atoms with Gasteiger partial charge in [-0.15, -0.1) is 0 Å². The Bertz CT molecular complexity index is 960. The lowest BCUT2D eigenvalue weighted by molar-refractivity contribution is -0.119. The number of nitrogens with one attached hydrogen (secondary N) is 3. The minimum Gasteiger partial charge on any atom is -0.340 e. The maximum Gasteiger partial charge on any atom is 0.251 e. The number of sulfonamides is 1. The van der Waals surface area contributed by atoms with Crippen LogP contribution >= 0.6 is 11.6 Å². The SMILES string of the molecule is CC[C@@H](C)[C@@H](NC(=O)c1ccc(Cl)cc1)C(=O)Nc1ccc(NS(C)(=O)=O)cc1. The fourth-order valence-electron chi connectivity index (χ4n) is 2.58. The van der Waals surface area contributed by atoms with Gasteiger partial charge in [0.25, 0.3) is 5.91 Å². The van der Waals surface area contributed by atoms with Crippen molar-refractivity contribution in [1.29, 1.82) is 0 Å². The Morgan fingerprint density at radius 2 is 1.55 bits per heavy atom. The number of hydrogen-bond donors (Lipinski definition) is 3. The van der Waals surface area contributed by atoms with E-state index in [1.54, 1.807) is 48.5 Å². The van der Waals surface area contributed by atoms with Crippen molar-refractivity contribution in [2.24, 2.45) is 5.92 Å². The molecular formula is C20H24ClN3O4S. The van der Waals surface area contributed by atoms with Gasteiger partial charge in [-0.05, 0) is 54.4 Å². The van der Waals surface area contributed by atoms with Crippen LogP contribution in [0.15, 0.2) is 48.5 Å². The van der Waals surface area contributed by atoms with E-state index in [1.165, 1.54) is 0 Å². The third-order valence-corrected chi connectivity index (χ3v) is 5.20. The Morgan fingerprint density at radius 3 is 2.07 bits per heavy atom. The lowest BCUT2D eigenvalue weighted by atomic mass is 9.97. The molecule has 0 spiro atoms. The normalized spacial score (nSPS) is 13.2. The summed E-state index contributed by atoms with van der Waals surface area (Å²) in [5, 5.41) is 6.06. The molecule has 0 saturated carbocycles. The van der Waals surface area contributed by atoms with Crippen LogP contribution in [-0.4, -0.2) is 32.5 Å². The molecule has 0 saturated heterocycles. The molecule has 9 heteroatoms. The number of amides is 2. The van der Waals surface area contributed by atoms with Crippen LogP contribution in [-0.2, 0) is 14.8 Å². The Labute approximate surface area is 175 Å². The summed E-state index contributed by atoms with van der Waals surface area (Å²) >= 11 is 5.85. The average molecular weight is 438 g/mol. The Kier molecular flexibility index (Phi) is 7.64. The zero-order chi connectivity index (χ0) is 21.6. The van der Waals surface area contributed by atoms with E-state index < -0.39 is 16.1 Å². The van der Waals surface area contributed by atoms with E-state index in [1.807, 2.05) is 13.8 Å². The van der Waals surface area contributed by atoms with Crippen molar-refractivity contribution >= 4 is 44.8 Å². The van der Waals surface area contributed by atoms with E-state index in [4.69, 9.17) is 11.6 Å². The molecule has 7 nitrogen and oxygen atoms in total. The van der Waals surface area contributed by atoms with Gasteiger partial charge in [0, 0.05) is 22.0 Å². The highest BCUT2D eigenvalue weighted by atomic mass is 35.5. The van der Waals surface area contributed by atoms with E-state index in [2.05, 4.69) is 15.4 Å². The van der Waals surface area contributed by atoms with Gasteiger partial charge in [-0.25, -0.2) is 8.42 Å². The summed E-state index contributed by atoms with van der Waals surface area (Å²) in [6.45, 7) is 3.82. The quantitative estimate of drug-likeness (QED) is 0.587. The summed E-state index contributed by atoms with van der Waals surface area (Å²) in [5.41, 5.74) is 1.29. The molecule has 3 N–H and O–H groups in total. The Morgan fingerprint density at radius 1 is 1.00 bits per heavy atom. The molecule has 0 heterocycles. The van der Waals surface area contributed by atoms with Crippen LogP contribution in [0.3, 0.4) is 0 Å². The van der Waals surface area contributed by atoms with Crippen molar-refractivity contribution in [3.8, 4) is 0 Å². The van der Waals surface area contributed by atoms with Crippen molar-refractivity contribution in [3.05, 3.63) is 59.1 Å². The van der Waals surface area contributed by atoms with Crippen molar-refractivity contribution in [2.75, 3.05) is 16.3 Å². The number of halogens is 1. The number of carbonyl (C=O) groups excluding carboxylic acids is 2. The molecule has 0 bridgehead atoms. The second-order valence-electron chi connectivity index (χ2n) is 6.78. The standard InChI is InChI=1S/C20H24ClN3O4S/c1-4-13(2)18(23-19(25)14-5-7-15(21)8-6-14)20(26)22-16-9-11-17(12-10-16)24-29(3,27)28/h5-13,18,24H,4H2,1-3H3,(H,22,26)(H,23,25)/t13-,18-/m1/s1. The highest BCUT2D eigenvalue weighted by molar-refractivity contribution is 7.92. The van der Waals surface area contributed by atoms with Gasteiger partial charge in [0.15, 0.2) is 0 Å². The predicted octanol–water partition coefficient (Wildman–Crippen LogP) is 3.49. The molecule has 0 fully saturated rings. The highest BCUT2D eigenvalue weighted by Gasteiger charge is 2.26. The van der Waals surface area contributed by atoms with E-state index >= 15 is 0 Å². The predicted molar refractivity (Wildman–Crippen MR) is 116 cm³/mol. The first-order chi connectivity index (χ1) is 13.6. The van der Waals surface area contributed by atoms with E-state index in [-0.39, 0.29) is 17.7 Å². The molecule has 0 aromatic heterocycles. The summed E-state index contributed by atoms with van der Waals surface area (Å²) in [5.74, 6) is -0.822. The maximum absolute atomic E-state index is 12.8. The van der Waals surface area contributed by atoms with Crippen molar-refractivity contribution in [2.45, 2.75) is 26.3 Å². The molecule has 0 unspecified atom stereocenters. The lowest BCUT2D eigenvalue weighted by Crippen LogP contribution is -2.47. The average Bonchev–Trinajstić information content (AvgIpc) is 2.66. The van der Waals surface area contributed by atoms with E-state index in [0.717, 1.165) is 6.26 Å². The van der Waals surface area contributed by atoms with Crippen molar-refractivity contribution in [1.82, 2.24) is 5.32 Å². The molecule has 29 heavy (non-hydrogen) atoms. The monoisotopic (exact) mass is 437 g/mol. The van der Waals surface area contributed by atoms with Crippen LogP contribution in [0.4, 0.5) is 11.4 Å². The van der Waals surface area contributed by atoms with Crippen LogP contribution in [0, 0.1) is 5.92 Å². The van der Waals surface area contributed by atoms with Gasteiger partial charge < -0.3 is 10.6 Å². The number of carbonyl (C=O) groups is 2. The van der Waals surface area contributed by atoms with E-state index in [9.17, 15) is 18.0 Å². The summed E-state index contributed by atoms with van der Waals surface area (Å²) in [7, 11) is -3.38. The number of anilines is 2. The van der Waals surface area contributed by atoms with Crippen molar-refractivity contribution < 1.29 is 18.0 Å². The van der Waals surface area contributed by atoms with Crippen LogP contribution in [0.5, 0.6) is 0 Å². The third kappa shape index (κ3) is 7.07. The summed E-state index contributed by atoms with van der Waals surface area (Å²) in [6.07, 6.45) is 1.75. The van der Waals surface area contributed by atoms with Gasteiger partial charge in [0.1, 0.15) is 6.04 Å². The third-order valence-electron chi connectivity index (χ3n) is 4.34. The topological polar surface area (TPSA) is 104 Å². The molecule has 2 aromatic carbocycles. The summed E-state index contributed by atoms with van der Waals surface area (Å²) < 4.78 is 24.9. The Balaban J connectivity index is 2.10. The van der Waals surface area contributed by atoms with Gasteiger partial charge >= 0.3 is 0 Å². The minimum absolute atomic E-state index is 0.0996. The van der Waals surface area contributed by atoms with Gasteiger partial charge in [0.2, 0.25) is 15.9 Å². The van der Waals surface area contributed by atoms with Crippen LogP contribution in [0.25, 0.3) is 0 Å². The van der Waals surface area contributed by atoms with Gasteiger partial charge in [-0.2, -0.15) is 0 Å². The Hall–Kier alpha value is -2.58. The zero-order valence-corrected chi connectivity index (χ0v) is 18.0. The molecule has 0 aliphatic carbocycles. The minimum atomic E-state index is -3.38. The van der Waals surface area contributed by atoms with Gasteiger partial charge in [0.05, 0.1) is 6.26 Å². The smallest absolute Gasteiger partial charge is 0.251 e. The molecule has 0 aliphatic rings. The second kappa shape index (κ2) is 9.76. The highest BCUT2D eigenvalue weighted by Crippen LogP contribution is 2.17. The molecule has 2 aromatic rings. The number of hydrogen-bond acceptors (Lipinski definition) is 4. The van der Waals surface area contributed by atoms with Crippen molar-refractivity contribution in [3.63, 3.8) is 0 Å². The first kappa shape index (κ1) is 22.7. The lowest BCUT2D eigenvalue weighted by Gasteiger charge is -2.23. The number of rotatable bonds is 8. The summed E-state index contributed by atoms with van der Waals surface area (Å²) in [6, 6.07) is 11.9. The zero-order valence-electron chi connectivity index (χ0n) is 16.4. The van der Waals surface area contributed by atoms with Gasteiger partial charge in [-0.1, -0.05) is 31.9 Å². The largest absolute Gasteiger partial charge is 0.340 e. The fourth-order valence-corrected chi connectivity index (χ4v) is 3.27. The molecule has 2 rings (SSSR count). The van der Waals surface area contributed by atoms with Crippen LogP contribution in [0.2, 0.25) is 5.02 Å². The molecule has 0 aliphatic heterocycles. The second-order valence-corrected chi connectivity index (χ2v) is 8.97. The first-order valence-corrected chi connectivity index (χ1v) is 11.3. The molecule has 2 amide bonds. The first-order valence-electron chi connectivity index (χ1n) is 9.04. The molecule has 0 radical (unpaired) electrons. The maximum atomic E-state index is 12.8. The molecule has 156 valence electrons. The molecular weight excluding hydrogens is 414 g/mol. The summed E-state index contributed by atoms with van der Waals surface area (Å²) in [4.78, 5) is 25.3. The molecule has 2 atom stereocenters.